The van der Waals surface area contributed by atoms with Crippen molar-refractivity contribution in [2.75, 3.05) is 19.4 Å². The molecule has 0 aromatic rings. The first-order chi connectivity index (χ1) is 6.73. The SMILES string of the molecule is CCOP(=O)(CCC#N)C1CCCO1. The molecule has 2 unspecified atom stereocenters. The molecule has 0 aliphatic carbocycles. The van der Waals surface area contributed by atoms with Crippen molar-refractivity contribution >= 4 is 7.37 Å². The van der Waals surface area contributed by atoms with Crippen LogP contribution in [0.1, 0.15) is 26.2 Å². The number of hydrogen-bond donors (Lipinski definition) is 0. The van der Waals surface area contributed by atoms with E-state index in [9.17, 15) is 4.57 Å². The van der Waals surface area contributed by atoms with E-state index in [4.69, 9.17) is 14.5 Å². The largest absolute Gasteiger partial charge is 0.368 e. The van der Waals surface area contributed by atoms with Gasteiger partial charge in [0.15, 0.2) is 0 Å². The third kappa shape index (κ3) is 2.81. The molecule has 5 heteroatoms. The summed E-state index contributed by atoms with van der Waals surface area (Å²) in [6, 6.07) is 2.00. The second-order valence-corrected chi connectivity index (χ2v) is 5.98. The van der Waals surface area contributed by atoms with Crippen LogP contribution < -0.4 is 0 Å². The molecular formula is C9H16NO3P. The average molecular weight is 217 g/mol. The Hall–Kier alpha value is -0.360. The van der Waals surface area contributed by atoms with Crippen LogP contribution in [-0.2, 0) is 13.8 Å². The summed E-state index contributed by atoms with van der Waals surface area (Å²) >= 11 is 0. The molecule has 80 valence electrons. The van der Waals surface area contributed by atoms with E-state index in [0.717, 1.165) is 12.8 Å². The maximum absolute atomic E-state index is 12.3. The molecule has 1 heterocycles. The van der Waals surface area contributed by atoms with E-state index in [-0.39, 0.29) is 12.3 Å². The molecule has 1 saturated heterocycles. The van der Waals surface area contributed by atoms with Crippen LogP contribution >= 0.6 is 7.37 Å². The number of rotatable bonds is 5. The third-order valence-corrected chi connectivity index (χ3v) is 5.05. The lowest BCUT2D eigenvalue weighted by Gasteiger charge is -2.22. The van der Waals surface area contributed by atoms with Crippen molar-refractivity contribution < 1.29 is 13.8 Å². The number of nitrogens with zero attached hydrogens (tertiary/aromatic N) is 1. The van der Waals surface area contributed by atoms with E-state index < -0.39 is 7.37 Å². The second kappa shape index (κ2) is 5.50. The molecule has 0 spiro atoms. The van der Waals surface area contributed by atoms with Crippen molar-refractivity contribution in [2.24, 2.45) is 0 Å². The second-order valence-electron chi connectivity index (χ2n) is 3.24. The molecule has 1 fully saturated rings. The Morgan fingerprint density at radius 3 is 3.00 bits per heavy atom. The molecular weight excluding hydrogens is 201 g/mol. The Morgan fingerprint density at radius 1 is 1.71 bits per heavy atom. The first kappa shape index (κ1) is 11.7. The summed E-state index contributed by atoms with van der Waals surface area (Å²) in [5.41, 5.74) is 0. The molecule has 2 atom stereocenters. The zero-order chi connectivity index (χ0) is 10.4. The van der Waals surface area contributed by atoms with Crippen LogP contribution in [0.3, 0.4) is 0 Å². The molecule has 0 aromatic carbocycles. The zero-order valence-electron chi connectivity index (χ0n) is 8.44. The monoisotopic (exact) mass is 217 g/mol. The van der Waals surface area contributed by atoms with Gasteiger partial charge in [-0.1, -0.05) is 0 Å². The van der Waals surface area contributed by atoms with Crippen molar-refractivity contribution in [1.82, 2.24) is 0 Å². The van der Waals surface area contributed by atoms with Gasteiger partial charge >= 0.3 is 0 Å². The van der Waals surface area contributed by atoms with E-state index in [1.165, 1.54) is 0 Å². The van der Waals surface area contributed by atoms with E-state index in [0.29, 0.717) is 19.4 Å². The van der Waals surface area contributed by atoms with Gasteiger partial charge in [-0.15, -0.1) is 0 Å². The molecule has 0 bridgehead atoms. The van der Waals surface area contributed by atoms with Crippen LogP contribution in [0.15, 0.2) is 0 Å². The topological polar surface area (TPSA) is 59.3 Å². The highest BCUT2D eigenvalue weighted by Gasteiger charge is 2.36. The van der Waals surface area contributed by atoms with Gasteiger partial charge < -0.3 is 9.26 Å². The van der Waals surface area contributed by atoms with Crippen molar-refractivity contribution in [2.45, 2.75) is 32.0 Å². The molecule has 1 aliphatic rings. The number of hydrogen-bond acceptors (Lipinski definition) is 4. The predicted molar refractivity (Wildman–Crippen MR) is 53.3 cm³/mol. The Morgan fingerprint density at radius 2 is 2.50 bits per heavy atom. The van der Waals surface area contributed by atoms with Crippen LogP contribution in [0.5, 0.6) is 0 Å². The van der Waals surface area contributed by atoms with Crippen molar-refractivity contribution in [1.29, 1.82) is 5.26 Å². The van der Waals surface area contributed by atoms with Gasteiger partial charge in [0, 0.05) is 19.2 Å². The first-order valence-corrected chi connectivity index (χ1v) is 6.82. The van der Waals surface area contributed by atoms with E-state index in [2.05, 4.69) is 0 Å². The maximum atomic E-state index is 12.3. The van der Waals surface area contributed by atoms with Crippen LogP contribution in [0.2, 0.25) is 0 Å². The van der Waals surface area contributed by atoms with E-state index in [1.54, 1.807) is 0 Å². The first-order valence-electron chi connectivity index (χ1n) is 4.95. The van der Waals surface area contributed by atoms with Gasteiger partial charge in [0.2, 0.25) is 7.37 Å². The summed E-state index contributed by atoms with van der Waals surface area (Å²) in [5.74, 6) is -0.268. The van der Waals surface area contributed by atoms with Crippen LogP contribution in [0.25, 0.3) is 0 Å². The third-order valence-electron chi connectivity index (χ3n) is 2.23. The minimum absolute atomic E-state index is 0.268. The minimum atomic E-state index is -2.73. The highest BCUT2D eigenvalue weighted by Crippen LogP contribution is 2.55. The fourth-order valence-corrected chi connectivity index (χ4v) is 3.93. The Kier molecular flexibility index (Phi) is 4.60. The van der Waals surface area contributed by atoms with E-state index >= 15 is 0 Å². The summed E-state index contributed by atoms with van der Waals surface area (Å²) in [4.78, 5) is 0. The summed E-state index contributed by atoms with van der Waals surface area (Å²) < 4.78 is 22.9. The molecule has 14 heavy (non-hydrogen) atoms. The average Bonchev–Trinajstić information content (AvgIpc) is 2.68. The highest BCUT2D eigenvalue weighted by atomic mass is 31.2. The molecule has 0 radical (unpaired) electrons. The van der Waals surface area contributed by atoms with Crippen molar-refractivity contribution in [3.8, 4) is 6.07 Å². The minimum Gasteiger partial charge on any atom is -0.368 e. The van der Waals surface area contributed by atoms with Crippen LogP contribution in [-0.4, -0.2) is 25.2 Å². The molecule has 0 saturated carbocycles. The van der Waals surface area contributed by atoms with E-state index in [1.807, 2.05) is 13.0 Å². The molecule has 0 N–H and O–H groups in total. The quantitative estimate of drug-likeness (QED) is 0.663. The van der Waals surface area contributed by atoms with Gasteiger partial charge in [-0.25, -0.2) is 0 Å². The smallest absolute Gasteiger partial charge is 0.231 e. The fraction of sp³-hybridized carbons (Fsp3) is 0.889. The molecule has 4 nitrogen and oxygen atoms in total. The van der Waals surface area contributed by atoms with Gasteiger partial charge in [0.25, 0.3) is 0 Å². The van der Waals surface area contributed by atoms with Crippen molar-refractivity contribution in [3.63, 3.8) is 0 Å². The van der Waals surface area contributed by atoms with Gasteiger partial charge in [-0.05, 0) is 19.8 Å². The van der Waals surface area contributed by atoms with Crippen molar-refractivity contribution in [3.05, 3.63) is 0 Å². The van der Waals surface area contributed by atoms with Crippen LogP contribution in [0.4, 0.5) is 0 Å². The molecule has 0 aromatic heterocycles. The predicted octanol–water partition coefficient (Wildman–Crippen LogP) is 2.35. The van der Waals surface area contributed by atoms with Crippen LogP contribution in [0, 0.1) is 11.3 Å². The normalized spacial score (nSPS) is 25.6. The highest BCUT2D eigenvalue weighted by molar-refractivity contribution is 7.59. The molecule has 0 amide bonds. The Balaban J connectivity index is 2.60. The standard InChI is InChI=1S/C9H16NO3P/c1-2-13-14(11,8-4-6-10)9-5-3-7-12-9/h9H,2-5,7-8H2,1H3. The lowest BCUT2D eigenvalue weighted by atomic mass is 10.4. The summed E-state index contributed by atoms with van der Waals surface area (Å²) in [6.07, 6.45) is 2.33. The van der Waals surface area contributed by atoms with Gasteiger partial charge in [0.1, 0.15) is 5.85 Å². The summed E-state index contributed by atoms with van der Waals surface area (Å²) in [7, 11) is -2.73. The molecule has 1 aliphatic heterocycles. The van der Waals surface area contributed by atoms with Gasteiger partial charge in [-0.3, -0.25) is 4.57 Å². The van der Waals surface area contributed by atoms with Gasteiger partial charge in [0.05, 0.1) is 12.7 Å². The lowest BCUT2D eigenvalue weighted by molar-refractivity contribution is 0.147. The zero-order valence-corrected chi connectivity index (χ0v) is 9.33. The molecule has 1 rings (SSSR count). The maximum Gasteiger partial charge on any atom is 0.231 e. The Labute approximate surface area is 84.6 Å². The Bertz CT molecular complexity index is 255. The number of nitriles is 1. The number of ether oxygens (including phenoxy) is 1. The lowest BCUT2D eigenvalue weighted by Crippen LogP contribution is -2.11. The fourth-order valence-electron chi connectivity index (χ4n) is 1.59. The summed E-state index contributed by atoms with van der Waals surface area (Å²) in [5, 5.41) is 8.47. The van der Waals surface area contributed by atoms with Gasteiger partial charge in [-0.2, -0.15) is 5.26 Å². The summed E-state index contributed by atoms with van der Waals surface area (Å²) in [6.45, 7) is 2.89.